The molecule has 4 heterocycles. The molecule has 0 aliphatic rings. The van der Waals surface area contributed by atoms with E-state index >= 15 is 0 Å². The van der Waals surface area contributed by atoms with E-state index in [1.807, 2.05) is 42.5 Å². The molecule has 0 atom stereocenters. The van der Waals surface area contributed by atoms with Crippen LogP contribution in [0.4, 0.5) is 0 Å². The molecule has 0 bridgehead atoms. The average Bonchev–Trinajstić information content (AvgIpc) is 3.84. The van der Waals surface area contributed by atoms with Gasteiger partial charge in [0.1, 0.15) is 22.3 Å². The minimum absolute atomic E-state index is 0.586. The monoisotopic (exact) mass is 645 g/mol. The zero-order chi connectivity index (χ0) is 32.1. The van der Waals surface area contributed by atoms with Crippen molar-refractivity contribution in [3.63, 3.8) is 0 Å². The highest BCUT2D eigenvalue weighted by Crippen LogP contribution is 2.46. The fraction of sp³-hybridized carbons (Fsp3) is 0. The Balaban J connectivity index is 1.19. The molecule has 11 aromatic rings. The third-order valence-electron chi connectivity index (χ3n) is 9.50. The van der Waals surface area contributed by atoms with E-state index in [-0.39, 0.29) is 0 Å². The van der Waals surface area contributed by atoms with Crippen molar-refractivity contribution in [1.29, 1.82) is 0 Å². The molecule has 0 spiro atoms. The minimum Gasteiger partial charge on any atom is -0.456 e. The van der Waals surface area contributed by atoms with Gasteiger partial charge in [-0.2, -0.15) is 0 Å². The molecular weight excluding hydrogens is 623 g/mol. The van der Waals surface area contributed by atoms with Gasteiger partial charge in [-0.25, -0.2) is 15.0 Å². The van der Waals surface area contributed by atoms with Crippen LogP contribution in [0.2, 0.25) is 0 Å². The first-order valence-corrected chi connectivity index (χ1v) is 17.0. The van der Waals surface area contributed by atoms with E-state index in [2.05, 4.69) is 97.1 Å². The first-order chi connectivity index (χ1) is 24.2. The summed E-state index contributed by atoms with van der Waals surface area (Å²) < 4.78 is 15.3. The summed E-state index contributed by atoms with van der Waals surface area (Å²) in [4.78, 5) is 15.4. The van der Waals surface area contributed by atoms with Crippen LogP contribution in [0.3, 0.4) is 0 Å². The molecule has 0 radical (unpaired) electrons. The Labute approximate surface area is 282 Å². The Morgan fingerprint density at radius 3 is 1.98 bits per heavy atom. The van der Waals surface area contributed by atoms with Crippen molar-refractivity contribution in [1.82, 2.24) is 15.0 Å². The predicted octanol–water partition coefficient (Wildman–Crippen LogP) is 12.2. The van der Waals surface area contributed by atoms with Gasteiger partial charge in [-0.3, -0.25) is 0 Å². The summed E-state index contributed by atoms with van der Waals surface area (Å²) in [5.74, 6) is 1.81. The SMILES string of the molecule is c1ccc(-c2nc(-c3ccc4c(c3)oc3cc5ccccc5cc34)nc(-c3cc4c5ccccc5oc4c4c3sc3ccccc34)n2)cc1. The summed E-state index contributed by atoms with van der Waals surface area (Å²) >= 11 is 1.74. The van der Waals surface area contributed by atoms with E-state index in [1.165, 1.54) is 10.1 Å². The standard InChI is InChI=1S/C43H23N3O2S/c1-2-10-24(11-3-1)41-44-42(27-18-19-29-31-20-25-12-4-5-13-26(25)21-36(31)47-35(29)22-27)46-43(45-41)33-23-32-28-14-6-8-16-34(28)48-39(32)38-30-15-7-9-17-37(30)49-40(33)38/h1-23H. The number of aromatic nitrogens is 3. The van der Waals surface area contributed by atoms with Crippen LogP contribution < -0.4 is 0 Å². The Morgan fingerprint density at radius 1 is 0.429 bits per heavy atom. The number of rotatable bonds is 3. The van der Waals surface area contributed by atoms with Crippen molar-refractivity contribution in [2.75, 3.05) is 0 Å². The largest absolute Gasteiger partial charge is 0.456 e. The summed E-state index contributed by atoms with van der Waals surface area (Å²) in [6.07, 6.45) is 0. The number of para-hydroxylation sites is 1. The number of nitrogens with zero attached hydrogens (tertiary/aromatic N) is 3. The molecule has 5 nitrogen and oxygen atoms in total. The lowest BCUT2D eigenvalue weighted by Crippen LogP contribution is -2.00. The van der Waals surface area contributed by atoms with Gasteiger partial charge in [-0.05, 0) is 53.2 Å². The van der Waals surface area contributed by atoms with Crippen LogP contribution in [0.5, 0.6) is 0 Å². The Morgan fingerprint density at radius 2 is 1.10 bits per heavy atom. The number of benzene rings is 7. The lowest BCUT2D eigenvalue weighted by Gasteiger charge is -2.09. The van der Waals surface area contributed by atoms with E-state index in [1.54, 1.807) is 11.3 Å². The number of thiophene rings is 1. The smallest absolute Gasteiger partial charge is 0.165 e. The quantitative estimate of drug-likeness (QED) is 0.191. The highest BCUT2D eigenvalue weighted by molar-refractivity contribution is 7.26. The minimum atomic E-state index is 0.586. The van der Waals surface area contributed by atoms with E-state index in [4.69, 9.17) is 23.8 Å². The van der Waals surface area contributed by atoms with Gasteiger partial charge in [0.05, 0.1) is 4.70 Å². The lowest BCUT2D eigenvalue weighted by molar-refractivity contribution is 0.669. The molecule has 11 rings (SSSR count). The van der Waals surface area contributed by atoms with Crippen LogP contribution in [-0.2, 0) is 0 Å². The van der Waals surface area contributed by atoms with Crippen LogP contribution in [0.25, 0.3) is 109 Å². The predicted molar refractivity (Wildman–Crippen MR) is 201 cm³/mol. The molecule has 0 N–H and O–H groups in total. The highest BCUT2D eigenvalue weighted by Gasteiger charge is 2.22. The molecule has 0 aliphatic heterocycles. The van der Waals surface area contributed by atoms with Gasteiger partial charge < -0.3 is 8.83 Å². The van der Waals surface area contributed by atoms with Crippen molar-refractivity contribution in [3.05, 3.63) is 140 Å². The second kappa shape index (κ2) is 10.1. The van der Waals surface area contributed by atoms with E-state index in [0.29, 0.717) is 17.5 Å². The zero-order valence-corrected chi connectivity index (χ0v) is 26.7. The van der Waals surface area contributed by atoms with Gasteiger partial charge in [0, 0.05) is 53.7 Å². The molecule has 4 aromatic heterocycles. The fourth-order valence-electron chi connectivity index (χ4n) is 7.17. The highest BCUT2D eigenvalue weighted by atomic mass is 32.1. The third-order valence-corrected chi connectivity index (χ3v) is 10.7. The van der Waals surface area contributed by atoms with Gasteiger partial charge in [0.25, 0.3) is 0 Å². The zero-order valence-electron chi connectivity index (χ0n) is 25.8. The third kappa shape index (κ3) is 4.01. The molecule has 0 aliphatic carbocycles. The van der Waals surface area contributed by atoms with Crippen LogP contribution in [0, 0.1) is 0 Å². The molecule has 0 fully saturated rings. The molecule has 0 unspecified atom stereocenters. The maximum atomic E-state index is 6.54. The molecular formula is C43H23N3O2S. The normalized spacial score (nSPS) is 12.1. The molecule has 6 heteroatoms. The van der Waals surface area contributed by atoms with Gasteiger partial charge >= 0.3 is 0 Å². The summed E-state index contributed by atoms with van der Waals surface area (Å²) in [5, 5.41) is 8.85. The Kier molecular flexibility index (Phi) is 5.48. The van der Waals surface area contributed by atoms with Crippen LogP contribution in [0.1, 0.15) is 0 Å². The number of fused-ring (bicyclic) bond motifs is 11. The van der Waals surface area contributed by atoms with E-state index < -0.39 is 0 Å². The fourth-order valence-corrected chi connectivity index (χ4v) is 8.39. The Hall–Kier alpha value is -6.37. The van der Waals surface area contributed by atoms with Gasteiger partial charge in [0.15, 0.2) is 17.5 Å². The molecule has 7 aromatic carbocycles. The van der Waals surface area contributed by atoms with Crippen molar-refractivity contribution in [3.8, 4) is 34.2 Å². The van der Waals surface area contributed by atoms with Crippen LogP contribution in [-0.4, -0.2) is 15.0 Å². The maximum absolute atomic E-state index is 6.54. The van der Waals surface area contributed by atoms with Crippen molar-refractivity contribution < 1.29 is 8.83 Å². The van der Waals surface area contributed by atoms with Crippen LogP contribution >= 0.6 is 11.3 Å². The molecule has 0 amide bonds. The average molecular weight is 646 g/mol. The van der Waals surface area contributed by atoms with E-state index in [9.17, 15) is 0 Å². The van der Waals surface area contributed by atoms with Crippen molar-refractivity contribution >= 4 is 86.2 Å². The first kappa shape index (κ1) is 26.7. The van der Waals surface area contributed by atoms with Crippen molar-refractivity contribution in [2.45, 2.75) is 0 Å². The second-order valence-electron chi connectivity index (χ2n) is 12.4. The Bertz CT molecular complexity index is 3120. The second-order valence-corrected chi connectivity index (χ2v) is 13.4. The molecule has 228 valence electrons. The van der Waals surface area contributed by atoms with Crippen molar-refractivity contribution in [2.24, 2.45) is 0 Å². The number of furan rings is 2. The topological polar surface area (TPSA) is 65.0 Å². The summed E-state index contributed by atoms with van der Waals surface area (Å²) in [7, 11) is 0. The van der Waals surface area contributed by atoms with Gasteiger partial charge in [0.2, 0.25) is 0 Å². The van der Waals surface area contributed by atoms with E-state index in [0.717, 1.165) is 81.4 Å². The maximum Gasteiger partial charge on any atom is 0.165 e. The number of hydrogen-bond acceptors (Lipinski definition) is 6. The molecule has 0 saturated heterocycles. The first-order valence-electron chi connectivity index (χ1n) is 16.2. The van der Waals surface area contributed by atoms with Crippen LogP contribution in [0.15, 0.2) is 148 Å². The summed E-state index contributed by atoms with van der Waals surface area (Å²) in [6.45, 7) is 0. The lowest BCUT2D eigenvalue weighted by atomic mass is 10.0. The molecule has 0 saturated carbocycles. The van der Waals surface area contributed by atoms with Gasteiger partial charge in [-0.1, -0.05) is 97.1 Å². The summed E-state index contributed by atoms with van der Waals surface area (Å²) in [6, 6.07) is 48.0. The number of hydrogen-bond donors (Lipinski definition) is 0. The molecule has 49 heavy (non-hydrogen) atoms. The summed E-state index contributed by atoms with van der Waals surface area (Å²) in [5.41, 5.74) is 6.14. The van der Waals surface area contributed by atoms with Gasteiger partial charge in [-0.15, -0.1) is 11.3 Å².